The van der Waals surface area contributed by atoms with Gasteiger partial charge in [0.05, 0.1) is 18.3 Å². The number of methoxy groups -OCH3 is 1. The molecule has 2 aromatic rings. The van der Waals surface area contributed by atoms with E-state index in [1.54, 1.807) is 17.5 Å². The number of amides is 1. The number of rotatable bonds is 4. The minimum Gasteiger partial charge on any atom is -0.507 e. The van der Waals surface area contributed by atoms with Gasteiger partial charge in [0.1, 0.15) is 16.4 Å². The summed E-state index contributed by atoms with van der Waals surface area (Å²) in [6, 6.07) is 4.72. The van der Waals surface area contributed by atoms with Gasteiger partial charge in [0.2, 0.25) is 0 Å². The monoisotopic (exact) mass is 324 g/mol. The quantitative estimate of drug-likeness (QED) is 0.670. The van der Waals surface area contributed by atoms with Crippen molar-refractivity contribution in [1.29, 1.82) is 0 Å². The lowest BCUT2D eigenvalue weighted by molar-refractivity contribution is 0.0959. The molecule has 0 fully saturated rings. The van der Waals surface area contributed by atoms with E-state index in [4.69, 9.17) is 16.3 Å². The molecule has 21 heavy (non-hydrogen) atoms. The lowest BCUT2D eigenvalue weighted by Crippen LogP contribution is -2.16. The number of carbonyl (C=O) groups excluding carboxylic acids is 1. The molecule has 1 aromatic heterocycles. The minimum absolute atomic E-state index is 0.0406. The molecule has 0 saturated heterocycles. The van der Waals surface area contributed by atoms with Gasteiger partial charge in [-0.3, -0.25) is 4.79 Å². The van der Waals surface area contributed by atoms with Crippen LogP contribution in [0.5, 0.6) is 11.5 Å². The van der Waals surface area contributed by atoms with Crippen LogP contribution in [0.2, 0.25) is 5.02 Å². The maximum atomic E-state index is 11.9. The van der Waals surface area contributed by atoms with Crippen molar-refractivity contribution in [2.24, 2.45) is 5.10 Å². The van der Waals surface area contributed by atoms with Crippen LogP contribution in [-0.4, -0.2) is 24.3 Å². The fourth-order valence-corrected chi connectivity index (χ4v) is 2.73. The molecule has 0 aliphatic carbocycles. The molecule has 2 rings (SSSR count). The third kappa shape index (κ3) is 3.53. The number of hydrogen-bond donors (Lipinski definition) is 2. The number of phenols is 1. The van der Waals surface area contributed by atoms with Gasteiger partial charge < -0.3 is 9.84 Å². The molecule has 110 valence electrons. The van der Waals surface area contributed by atoms with E-state index in [9.17, 15) is 9.90 Å². The van der Waals surface area contributed by atoms with Crippen LogP contribution in [0.1, 0.15) is 20.8 Å². The van der Waals surface area contributed by atoms with Crippen LogP contribution < -0.4 is 10.2 Å². The van der Waals surface area contributed by atoms with Gasteiger partial charge in [-0.2, -0.15) is 5.10 Å². The maximum absolute atomic E-state index is 11.9. The highest BCUT2D eigenvalue weighted by molar-refractivity contribution is 7.13. The Morgan fingerprint density at radius 2 is 2.29 bits per heavy atom. The third-order valence-corrected chi connectivity index (χ3v) is 4.41. The molecule has 0 unspecified atom stereocenters. The van der Waals surface area contributed by atoms with Gasteiger partial charge in [-0.05, 0) is 36.1 Å². The summed E-state index contributed by atoms with van der Waals surface area (Å²) in [4.78, 5) is 12.3. The average molecular weight is 325 g/mol. The number of phenolic OH excluding ortho intramolecular Hbond substituents is 1. The largest absolute Gasteiger partial charge is 0.507 e. The summed E-state index contributed by atoms with van der Waals surface area (Å²) in [7, 11) is 1.52. The Labute approximate surface area is 130 Å². The topological polar surface area (TPSA) is 70.9 Å². The van der Waals surface area contributed by atoms with Crippen LogP contribution in [0, 0.1) is 6.92 Å². The fraction of sp³-hybridized carbons (Fsp3) is 0.143. The fourth-order valence-electron chi connectivity index (χ4n) is 1.56. The summed E-state index contributed by atoms with van der Waals surface area (Å²) >= 11 is 7.26. The molecule has 0 aliphatic rings. The first-order valence-electron chi connectivity index (χ1n) is 5.97. The van der Waals surface area contributed by atoms with Crippen LogP contribution in [0.15, 0.2) is 28.7 Å². The number of thiophene rings is 1. The van der Waals surface area contributed by atoms with Crippen molar-refractivity contribution in [2.75, 3.05) is 7.11 Å². The second kappa shape index (κ2) is 6.60. The lowest BCUT2D eigenvalue weighted by atomic mass is 10.2. The molecule has 0 spiro atoms. The number of hydrogen-bond acceptors (Lipinski definition) is 5. The van der Waals surface area contributed by atoms with Gasteiger partial charge in [-0.1, -0.05) is 11.6 Å². The molecule has 0 saturated carbocycles. The second-order valence-electron chi connectivity index (χ2n) is 4.19. The van der Waals surface area contributed by atoms with Crippen LogP contribution in [-0.2, 0) is 0 Å². The molecule has 0 aliphatic heterocycles. The van der Waals surface area contributed by atoms with Crippen LogP contribution >= 0.6 is 22.9 Å². The molecular weight excluding hydrogens is 312 g/mol. The molecule has 7 heteroatoms. The van der Waals surface area contributed by atoms with E-state index in [1.807, 2.05) is 6.92 Å². The maximum Gasteiger partial charge on any atom is 0.282 e. The van der Waals surface area contributed by atoms with E-state index in [2.05, 4.69) is 10.5 Å². The number of aromatic hydroxyl groups is 1. The summed E-state index contributed by atoms with van der Waals surface area (Å²) < 4.78 is 5.05. The number of ether oxygens (including phenoxy) is 1. The SMILES string of the molecule is COc1ccc(O)c(/C=N/NC(=O)c2scc(C)c2Cl)c1. The highest BCUT2D eigenvalue weighted by atomic mass is 35.5. The molecule has 0 atom stereocenters. The van der Waals surface area contributed by atoms with Gasteiger partial charge in [-0.15, -0.1) is 11.3 Å². The average Bonchev–Trinajstić information content (AvgIpc) is 2.81. The Hall–Kier alpha value is -2.05. The van der Waals surface area contributed by atoms with Crippen molar-refractivity contribution in [3.63, 3.8) is 0 Å². The molecule has 1 heterocycles. The van der Waals surface area contributed by atoms with Crippen molar-refractivity contribution in [1.82, 2.24) is 5.43 Å². The van der Waals surface area contributed by atoms with Gasteiger partial charge in [0, 0.05) is 5.56 Å². The molecule has 1 amide bonds. The zero-order valence-corrected chi connectivity index (χ0v) is 13.0. The molecular formula is C14H13ClN2O3S. The summed E-state index contributed by atoms with van der Waals surface area (Å²) in [5.41, 5.74) is 3.65. The Morgan fingerprint density at radius 3 is 2.90 bits per heavy atom. The number of halogens is 1. The molecule has 2 N–H and O–H groups in total. The summed E-state index contributed by atoms with van der Waals surface area (Å²) in [5, 5.41) is 15.7. The van der Waals surface area contributed by atoms with Crippen molar-refractivity contribution in [2.45, 2.75) is 6.92 Å². The zero-order chi connectivity index (χ0) is 15.4. The number of nitrogens with one attached hydrogen (secondary N) is 1. The van der Waals surface area contributed by atoms with Gasteiger partial charge in [-0.25, -0.2) is 5.43 Å². The number of aryl methyl sites for hydroxylation is 1. The van der Waals surface area contributed by atoms with Crippen molar-refractivity contribution < 1.29 is 14.6 Å². The Balaban J connectivity index is 2.09. The van der Waals surface area contributed by atoms with Gasteiger partial charge in [0.25, 0.3) is 5.91 Å². The molecule has 0 bridgehead atoms. The number of benzene rings is 1. The Kier molecular flexibility index (Phi) is 4.82. The highest BCUT2D eigenvalue weighted by Crippen LogP contribution is 2.26. The van der Waals surface area contributed by atoms with Gasteiger partial charge in [0.15, 0.2) is 0 Å². The van der Waals surface area contributed by atoms with E-state index >= 15 is 0 Å². The van der Waals surface area contributed by atoms with E-state index in [1.165, 1.54) is 30.7 Å². The van der Waals surface area contributed by atoms with E-state index in [-0.39, 0.29) is 5.75 Å². The lowest BCUT2D eigenvalue weighted by Gasteiger charge is -2.03. The molecule has 5 nitrogen and oxygen atoms in total. The number of hydrazone groups is 1. The first-order valence-corrected chi connectivity index (χ1v) is 7.22. The Morgan fingerprint density at radius 1 is 1.52 bits per heavy atom. The van der Waals surface area contributed by atoms with E-state index in [0.29, 0.717) is 21.2 Å². The second-order valence-corrected chi connectivity index (χ2v) is 5.44. The van der Waals surface area contributed by atoms with Crippen LogP contribution in [0.4, 0.5) is 0 Å². The third-order valence-electron chi connectivity index (χ3n) is 2.71. The van der Waals surface area contributed by atoms with Crippen LogP contribution in [0.25, 0.3) is 0 Å². The first-order chi connectivity index (χ1) is 10.0. The summed E-state index contributed by atoms with van der Waals surface area (Å²) in [6.45, 7) is 1.83. The predicted molar refractivity (Wildman–Crippen MR) is 83.8 cm³/mol. The smallest absolute Gasteiger partial charge is 0.282 e. The minimum atomic E-state index is -0.392. The van der Waals surface area contributed by atoms with Crippen LogP contribution in [0.3, 0.4) is 0 Å². The van der Waals surface area contributed by atoms with Crippen molar-refractivity contribution in [3.8, 4) is 11.5 Å². The summed E-state index contributed by atoms with van der Waals surface area (Å²) in [6.07, 6.45) is 1.34. The normalized spacial score (nSPS) is 10.8. The zero-order valence-electron chi connectivity index (χ0n) is 11.4. The summed E-state index contributed by atoms with van der Waals surface area (Å²) in [5.74, 6) is 0.230. The van der Waals surface area contributed by atoms with Gasteiger partial charge >= 0.3 is 0 Å². The molecule has 0 radical (unpaired) electrons. The van der Waals surface area contributed by atoms with Crippen molar-refractivity contribution >= 4 is 35.1 Å². The first kappa shape index (κ1) is 15.3. The van der Waals surface area contributed by atoms with E-state index in [0.717, 1.165) is 5.56 Å². The standard InChI is InChI=1S/C14H13ClN2O3S/c1-8-7-21-13(12(8)15)14(19)17-16-6-9-5-10(20-2)3-4-11(9)18/h3-7,18H,1-2H3,(H,17,19)/b16-6+. The Bertz CT molecular complexity index is 698. The predicted octanol–water partition coefficient (Wildman–Crippen LogP) is 3.19. The highest BCUT2D eigenvalue weighted by Gasteiger charge is 2.13. The number of carbonyl (C=O) groups is 1. The number of nitrogens with zero attached hydrogens (tertiary/aromatic N) is 1. The molecule has 1 aromatic carbocycles. The van der Waals surface area contributed by atoms with E-state index < -0.39 is 5.91 Å². The van der Waals surface area contributed by atoms with Crippen molar-refractivity contribution in [3.05, 3.63) is 44.6 Å².